The van der Waals surface area contributed by atoms with E-state index in [0.29, 0.717) is 0 Å². The van der Waals surface area contributed by atoms with Gasteiger partial charge >= 0.3 is 0 Å². The first-order chi connectivity index (χ1) is 8.78. The molecule has 3 rings (SSSR count). The van der Waals surface area contributed by atoms with Crippen molar-refractivity contribution in [3.8, 4) is 11.5 Å². The van der Waals surface area contributed by atoms with Crippen molar-refractivity contribution in [2.45, 2.75) is 44.1 Å². The smallest absolute Gasteiger partial charge is 0.161 e. The van der Waals surface area contributed by atoms with Crippen LogP contribution in [0.25, 0.3) is 0 Å². The van der Waals surface area contributed by atoms with Gasteiger partial charge in [-0.2, -0.15) is 0 Å². The quantitative estimate of drug-likeness (QED) is 0.829. The lowest BCUT2D eigenvalue weighted by molar-refractivity contribution is 0.293. The fourth-order valence-corrected chi connectivity index (χ4v) is 2.94. The molecule has 3 nitrogen and oxygen atoms in total. The second-order valence-electron chi connectivity index (χ2n) is 5.43. The van der Waals surface area contributed by atoms with Gasteiger partial charge in [-0.1, -0.05) is 25.3 Å². The highest BCUT2D eigenvalue weighted by Gasteiger charge is 2.30. The van der Waals surface area contributed by atoms with Gasteiger partial charge in [0.1, 0.15) is 0 Å². The minimum absolute atomic E-state index is 0.164. The minimum Gasteiger partial charge on any atom is -0.490 e. The van der Waals surface area contributed by atoms with Crippen molar-refractivity contribution in [3.05, 3.63) is 23.8 Å². The van der Waals surface area contributed by atoms with Gasteiger partial charge < -0.3 is 15.2 Å². The zero-order valence-electron chi connectivity index (χ0n) is 10.8. The Hall–Kier alpha value is -1.22. The van der Waals surface area contributed by atoms with E-state index < -0.39 is 0 Å². The first-order valence-corrected chi connectivity index (χ1v) is 6.97. The van der Waals surface area contributed by atoms with Crippen LogP contribution in [0.15, 0.2) is 18.2 Å². The Morgan fingerprint density at radius 1 is 0.889 bits per heavy atom. The average molecular weight is 247 g/mol. The molecule has 2 aliphatic rings. The molecule has 0 unspecified atom stereocenters. The maximum atomic E-state index is 6.56. The summed E-state index contributed by atoms with van der Waals surface area (Å²) in [5.41, 5.74) is 7.59. The third-order valence-corrected chi connectivity index (χ3v) is 4.07. The van der Waals surface area contributed by atoms with E-state index in [4.69, 9.17) is 15.2 Å². The standard InChI is InChI=1S/C15H21NO2/c16-15(7-2-1-3-8-15)12-5-6-13-14(11-12)18-10-4-9-17-13/h5-6,11H,1-4,7-10,16H2. The maximum absolute atomic E-state index is 6.56. The molecule has 98 valence electrons. The molecule has 0 aromatic heterocycles. The van der Waals surface area contributed by atoms with E-state index in [1.807, 2.05) is 6.07 Å². The molecule has 0 bridgehead atoms. The Bertz CT molecular complexity index is 425. The third-order valence-electron chi connectivity index (χ3n) is 4.07. The number of rotatable bonds is 1. The summed E-state index contributed by atoms with van der Waals surface area (Å²) in [5.74, 6) is 1.72. The number of ether oxygens (including phenoxy) is 2. The summed E-state index contributed by atoms with van der Waals surface area (Å²) in [4.78, 5) is 0. The van der Waals surface area contributed by atoms with Crippen molar-refractivity contribution in [2.24, 2.45) is 5.73 Å². The molecule has 1 aliphatic heterocycles. The van der Waals surface area contributed by atoms with Crippen molar-refractivity contribution in [1.82, 2.24) is 0 Å². The van der Waals surface area contributed by atoms with E-state index in [2.05, 4.69) is 12.1 Å². The molecule has 1 heterocycles. The van der Waals surface area contributed by atoms with Gasteiger partial charge in [0, 0.05) is 12.0 Å². The van der Waals surface area contributed by atoms with Crippen LogP contribution in [0.4, 0.5) is 0 Å². The van der Waals surface area contributed by atoms with Crippen LogP contribution >= 0.6 is 0 Å². The minimum atomic E-state index is -0.164. The highest BCUT2D eigenvalue weighted by atomic mass is 16.5. The lowest BCUT2D eigenvalue weighted by Crippen LogP contribution is -2.38. The largest absolute Gasteiger partial charge is 0.490 e. The summed E-state index contributed by atoms with van der Waals surface area (Å²) < 4.78 is 11.4. The van der Waals surface area contributed by atoms with Crippen molar-refractivity contribution < 1.29 is 9.47 Å². The fourth-order valence-electron chi connectivity index (χ4n) is 2.94. The van der Waals surface area contributed by atoms with Gasteiger partial charge in [0.15, 0.2) is 11.5 Å². The molecule has 2 N–H and O–H groups in total. The molecule has 18 heavy (non-hydrogen) atoms. The number of fused-ring (bicyclic) bond motifs is 1. The molecule has 0 saturated heterocycles. The van der Waals surface area contributed by atoms with Gasteiger partial charge in [-0.3, -0.25) is 0 Å². The molecule has 1 fully saturated rings. The summed E-state index contributed by atoms with van der Waals surface area (Å²) in [6.45, 7) is 1.47. The second kappa shape index (κ2) is 4.81. The number of hydrogen-bond donors (Lipinski definition) is 1. The van der Waals surface area contributed by atoms with Crippen LogP contribution < -0.4 is 15.2 Å². The van der Waals surface area contributed by atoms with Crippen molar-refractivity contribution in [3.63, 3.8) is 0 Å². The number of benzene rings is 1. The molecular formula is C15H21NO2. The van der Waals surface area contributed by atoms with Gasteiger partial charge in [0.25, 0.3) is 0 Å². The number of nitrogens with two attached hydrogens (primary N) is 1. The summed E-state index contributed by atoms with van der Waals surface area (Å²) in [6.07, 6.45) is 6.86. The molecule has 0 spiro atoms. The number of hydrogen-bond acceptors (Lipinski definition) is 3. The topological polar surface area (TPSA) is 44.5 Å². The van der Waals surface area contributed by atoms with Crippen LogP contribution in [0.3, 0.4) is 0 Å². The fraction of sp³-hybridized carbons (Fsp3) is 0.600. The highest BCUT2D eigenvalue weighted by Crippen LogP contribution is 2.39. The monoisotopic (exact) mass is 247 g/mol. The first-order valence-electron chi connectivity index (χ1n) is 6.97. The third kappa shape index (κ3) is 2.19. The maximum Gasteiger partial charge on any atom is 0.161 e. The second-order valence-corrected chi connectivity index (χ2v) is 5.43. The average Bonchev–Trinajstić information content (AvgIpc) is 2.64. The molecular weight excluding hydrogens is 226 g/mol. The zero-order valence-corrected chi connectivity index (χ0v) is 10.8. The van der Waals surface area contributed by atoms with E-state index in [-0.39, 0.29) is 5.54 Å². The van der Waals surface area contributed by atoms with Crippen molar-refractivity contribution in [1.29, 1.82) is 0 Å². The summed E-state index contributed by atoms with van der Waals surface area (Å²) in [7, 11) is 0. The van der Waals surface area contributed by atoms with Crippen LogP contribution in [0, 0.1) is 0 Å². The SMILES string of the molecule is NC1(c2ccc3c(c2)OCCCO3)CCCCC1. The van der Waals surface area contributed by atoms with Gasteiger partial charge in [-0.05, 0) is 30.5 Å². The molecule has 0 atom stereocenters. The van der Waals surface area contributed by atoms with Gasteiger partial charge in [0.05, 0.1) is 13.2 Å². The van der Waals surface area contributed by atoms with E-state index in [1.54, 1.807) is 0 Å². The van der Waals surface area contributed by atoms with E-state index >= 15 is 0 Å². The lowest BCUT2D eigenvalue weighted by Gasteiger charge is -2.34. The predicted molar refractivity (Wildman–Crippen MR) is 71.0 cm³/mol. The van der Waals surface area contributed by atoms with Gasteiger partial charge in [-0.15, -0.1) is 0 Å². The molecule has 1 aromatic rings. The summed E-state index contributed by atoms with van der Waals surface area (Å²) in [6, 6.07) is 6.21. The lowest BCUT2D eigenvalue weighted by atomic mass is 9.77. The first kappa shape index (κ1) is 11.8. The van der Waals surface area contributed by atoms with Crippen LogP contribution in [-0.2, 0) is 5.54 Å². The van der Waals surface area contributed by atoms with Crippen LogP contribution in [0.1, 0.15) is 44.1 Å². The van der Waals surface area contributed by atoms with E-state index in [0.717, 1.165) is 44.0 Å². The molecule has 3 heteroatoms. The highest BCUT2D eigenvalue weighted by molar-refractivity contribution is 5.45. The van der Waals surface area contributed by atoms with Crippen molar-refractivity contribution >= 4 is 0 Å². The Morgan fingerprint density at radius 2 is 1.61 bits per heavy atom. The van der Waals surface area contributed by atoms with E-state index in [9.17, 15) is 0 Å². The van der Waals surface area contributed by atoms with Gasteiger partial charge in [-0.25, -0.2) is 0 Å². The zero-order chi connectivity index (χ0) is 12.4. The Labute approximate surface area is 108 Å². The van der Waals surface area contributed by atoms with E-state index in [1.165, 1.54) is 24.8 Å². The van der Waals surface area contributed by atoms with Crippen molar-refractivity contribution in [2.75, 3.05) is 13.2 Å². The Balaban J connectivity index is 1.91. The molecule has 1 saturated carbocycles. The van der Waals surface area contributed by atoms with Gasteiger partial charge in [0.2, 0.25) is 0 Å². The van der Waals surface area contributed by atoms with Crippen LogP contribution in [-0.4, -0.2) is 13.2 Å². The van der Waals surface area contributed by atoms with Crippen LogP contribution in [0.5, 0.6) is 11.5 Å². The predicted octanol–water partition coefficient (Wildman–Crippen LogP) is 2.97. The molecule has 1 aliphatic carbocycles. The summed E-state index contributed by atoms with van der Waals surface area (Å²) in [5, 5.41) is 0. The Kier molecular flexibility index (Phi) is 3.16. The van der Waals surface area contributed by atoms with Crippen LogP contribution in [0.2, 0.25) is 0 Å². The Morgan fingerprint density at radius 3 is 2.39 bits per heavy atom. The normalized spacial score (nSPS) is 22.3. The molecule has 0 amide bonds. The summed E-state index contributed by atoms with van der Waals surface area (Å²) >= 11 is 0. The molecule has 1 aromatic carbocycles. The molecule has 0 radical (unpaired) electrons.